The van der Waals surface area contributed by atoms with Crippen LogP contribution < -0.4 is 10.5 Å². The Labute approximate surface area is 125 Å². The van der Waals surface area contributed by atoms with Crippen LogP contribution in [-0.2, 0) is 10.1 Å². The fraction of sp³-hybridized carbons (Fsp3) is 0.0769. The van der Waals surface area contributed by atoms with E-state index < -0.39 is 10.1 Å². The van der Waals surface area contributed by atoms with Crippen LogP contribution in [0.3, 0.4) is 0 Å². The normalized spacial score (nSPS) is 11.7. The standard InChI is InChI=1S/C13H12N4O4S/c1-21-13-6-8(2-4-10(13)14)17-15-11-5-3-9(22(18,19)20)7-12(11)16-17/h2-7H,14H2,1H3,(H,18,19,20). The van der Waals surface area contributed by atoms with Gasteiger partial charge in [0.05, 0.1) is 23.4 Å². The molecular formula is C13H12N4O4S. The Morgan fingerprint density at radius 1 is 1.14 bits per heavy atom. The highest BCUT2D eigenvalue weighted by Gasteiger charge is 2.13. The monoisotopic (exact) mass is 320 g/mol. The summed E-state index contributed by atoms with van der Waals surface area (Å²) in [6.07, 6.45) is 0. The molecule has 9 heteroatoms. The molecule has 0 saturated carbocycles. The number of hydrogen-bond donors (Lipinski definition) is 2. The van der Waals surface area contributed by atoms with Crippen LogP contribution >= 0.6 is 0 Å². The van der Waals surface area contributed by atoms with Crippen molar-refractivity contribution < 1.29 is 17.7 Å². The largest absolute Gasteiger partial charge is 0.495 e. The molecule has 22 heavy (non-hydrogen) atoms. The van der Waals surface area contributed by atoms with E-state index in [0.717, 1.165) is 0 Å². The van der Waals surface area contributed by atoms with Crippen LogP contribution in [0.4, 0.5) is 5.69 Å². The minimum absolute atomic E-state index is 0.234. The average Bonchev–Trinajstić information content (AvgIpc) is 2.89. The van der Waals surface area contributed by atoms with Crippen LogP contribution in [0, 0.1) is 0 Å². The molecule has 0 bridgehead atoms. The molecule has 3 N–H and O–H groups in total. The molecule has 0 fully saturated rings. The van der Waals surface area contributed by atoms with Gasteiger partial charge in [0.1, 0.15) is 16.8 Å². The van der Waals surface area contributed by atoms with Crippen LogP contribution in [0.25, 0.3) is 16.7 Å². The van der Waals surface area contributed by atoms with Gasteiger partial charge in [-0.2, -0.15) is 13.2 Å². The smallest absolute Gasteiger partial charge is 0.294 e. The molecule has 8 nitrogen and oxygen atoms in total. The van der Waals surface area contributed by atoms with Gasteiger partial charge in [-0.15, -0.1) is 10.2 Å². The van der Waals surface area contributed by atoms with Gasteiger partial charge in [-0.25, -0.2) is 0 Å². The van der Waals surface area contributed by atoms with E-state index in [1.165, 1.54) is 30.1 Å². The molecule has 1 aromatic heterocycles. The van der Waals surface area contributed by atoms with Crippen LogP contribution in [0.2, 0.25) is 0 Å². The van der Waals surface area contributed by atoms with Crippen LogP contribution in [0.5, 0.6) is 5.75 Å². The number of fused-ring (bicyclic) bond motifs is 1. The first-order valence-electron chi connectivity index (χ1n) is 6.17. The number of nitrogens with two attached hydrogens (primary N) is 1. The Hall–Kier alpha value is -2.65. The van der Waals surface area contributed by atoms with Crippen molar-refractivity contribution in [3.63, 3.8) is 0 Å². The third-order valence-electron chi connectivity index (χ3n) is 3.10. The van der Waals surface area contributed by atoms with Gasteiger partial charge in [-0.3, -0.25) is 4.55 Å². The highest BCUT2D eigenvalue weighted by Crippen LogP contribution is 2.24. The van der Waals surface area contributed by atoms with E-state index in [4.69, 9.17) is 15.0 Å². The molecule has 0 spiro atoms. The van der Waals surface area contributed by atoms with Crippen molar-refractivity contribution in [2.75, 3.05) is 12.8 Å². The molecule has 0 aliphatic rings. The van der Waals surface area contributed by atoms with Gasteiger partial charge in [-0.1, -0.05) is 0 Å². The lowest BCUT2D eigenvalue weighted by Crippen LogP contribution is -2.00. The molecule has 3 aromatic rings. The summed E-state index contributed by atoms with van der Waals surface area (Å²) in [5.74, 6) is 0.484. The lowest BCUT2D eigenvalue weighted by Gasteiger charge is -2.06. The van der Waals surface area contributed by atoms with E-state index in [9.17, 15) is 8.42 Å². The van der Waals surface area contributed by atoms with Gasteiger partial charge in [0.25, 0.3) is 10.1 Å². The number of nitrogen functional groups attached to an aromatic ring is 1. The Bertz CT molecular complexity index is 965. The molecule has 0 radical (unpaired) electrons. The first-order valence-corrected chi connectivity index (χ1v) is 7.61. The van der Waals surface area contributed by atoms with Gasteiger partial charge < -0.3 is 10.5 Å². The highest BCUT2D eigenvalue weighted by molar-refractivity contribution is 7.85. The van der Waals surface area contributed by atoms with Crippen LogP contribution in [0.15, 0.2) is 41.3 Å². The summed E-state index contributed by atoms with van der Waals surface area (Å²) >= 11 is 0. The minimum atomic E-state index is -4.28. The Balaban J connectivity index is 2.13. The number of ether oxygens (including phenoxy) is 1. The van der Waals surface area contributed by atoms with Crippen molar-refractivity contribution in [1.82, 2.24) is 15.0 Å². The second-order valence-corrected chi connectivity index (χ2v) is 5.96. The lowest BCUT2D eigenvalue weighted by molar-refractivity contribution is 0.416. The number of aromatic nitrogens is 3. The molecule has 3 rings (SSSR count). The van der Waals surface area contributed by atoms with Crippen molar-refractivity contribution in [1.29, 1.82) is 0 Å². The number of hydrogen-bond acceptors (Lipinski definition) is 6. The summed E-state index contributed by atoms with van der Waals surface area (Å²) in [6.45, 7) is 0. The van der Waals surface area contributed by atoms with Crippen molar-refractivity contribution in [2.24, 2.45) is 0 Å². The molecule has 0 amide bonds. The molecule has 0 atom stereocenters. The zero-order valence-corrected chi connectivity index (χ0v) is 12.3. The lowest BCUT2D eigenvalue weighted by atomic mass is 10.2. The summed E-state index contributed by atoms with van der Waals surface area (Å²) in [5, 5.41) is 8.44. The van der Waals surface area contributed by atoms with E-state index in [-0.39, 0.29) is 4.90 Å². The average molecular weight is 320 g/mol. The zero-order valence-electron chi connectivity index (χ0n) is 11.5. The second kappa shape index (κ2) is 4.97. The van der Waals surface area contributed by atoms with E-state index in [2.05, 4.69) is 10.2 Å². The van der Waals surface area contributed by atoms with Crippen LogP contribution in [-0.4, -0.2) is 35.1 Å². The number of anilines is 1. The van der Waals surface area contributed by atoms with Crippen molar-refractivity contribution >= 4 is 26.8 Å². The predicted octanol–water partition coefficient (Wildman–Crippen LogP) is 1.26. The number of benzene rings is 2. The topological polar surface area (TPSA) is 120 Å². The summed E-state index contributed by atoms with van der Waals surface area (Å²) in [5.41, 5.74) is 7.67. The van der Waals surface area contributed by atoms with E-state index in [1.54, 1.807) is 18.2 Å². The van der Waals surface area contributed by atoms with E-state index in [1.807, 2.05) is 0 Å². The molecule has 2 aromatic carbocycles. The van der Waals surface area contributed by atoms with Crippen molar-refractivity contribution in [2.45, 2.75) is 4.90 Å². The molecule has 0 aliphatic carbocycles. The molecule has 0 unspecified atom stereocenters. The van der Waals surface area contributed by atoms with Gasteiger partial charge >= 0.3 is 0 Å². The van der Waals surface area contributed by atoms with E-state index in [0.29, 0.717) is 28.2 Å². The van der Waals surface area contributed by atoms with Gasteiger partial charge in [-0.05, 0) is 30.3 Å². The highest BCUT2D eigenvalue weighted by atomic mass is 32.2. The SMILES string of the molecule is COc1cc(-n2nc3ccc(S(=O)(=O)O)cc3n2)ccc1N. The summed E-state index contributed by atoms with van der Waals surface area (Å²) < 4.78 is 36.5. The molecule has 1 heterocycles. The minimum Gasteiger partial charge on any atom is -0.495 e. The van der Waals surface area contributed by atoms with Gasteiger partial charge in [0.2, 0.25) is 0 Å². The fourth-order valence-electron chi connectivity index (χ4n) is 1.99. The van der Waals surface area contributed by atoms with Gasteiger partial charge in [0, 0.05) is 6.07 Å². The quantitative estimate of drug-likeness (QED) is 0.550. The molecule has 0 saturated heterocycles. The van der Waals surface area contributed by atoms with Crippen molar-refractivity contribution in [3.8, 4) is 11.4 Å². The van der Waals surface area contributed by atoms with Crippen molar-refractivity contribution in [3.05, 3.63) is 36.4 Å². The first-order chi connectivity index (χ1) is 10.4. The summed E-state index contributed by atoms with van der Waals surface area (Å²) in [7, 11) is -2.78. The fourth-order valence-corrected chi connectivity index (χ4v) is 2.50. The first kappa shape index (κ1) is 14.3. The number of rotatable bonds is 3. The second-order valence-electron chi connectivity index (χ2n) is 4.54. The molecular weight excluding hydrogens is 308 g/mol. The Morgan fingerprint density at radius 2 is 1.86 bits per heavy atom. The Kier molecular flexibility index (Phi) is 3.23. The van der Waals surface area contributed by atoms with Gasteiger partial charge in [0.15, 0.2) is 0 Å². The predicted molar refractivity (Wildman–Crippen MR) is 79.6 cm³/mol. The molecule has 114 valence electrons. The number of methoxy groups -OCH3 is 1. The Morgan fingerprint density at radius 3 is 2.55 bits per heavy atom. The van der Waals surface area contributed by atoms with Crippen LogP contribution in [0.1, 0.15) is 0 Å². The molecule has 0 aliphatic heterocycles. The zero-order chi connectivity index (χ0) is 15.9. The maximum absolute atomic E-state index is 11.1. The summed E-state index contributed by atoms with van der Waals surface area (Å²) in [4.78, 5) is 1.10. The summed E-state index contributed by atoms with van der Waals surface area (Å²) in [6, 6.07) is 9.02. The maximum Gasteiger partial charge on any atom is 0.294 e. The number of nitrogens with zero attached hydrogens (tertiary/aromatic N) is 3. The third-order valence-corrected chi connectivity index (χ3v) is 3.95. The van der Waals surface area contributed by atoms with E-state index >= 15 is 0 Å². The maximum atomic E-state index is 11.1. The third kappa shape index (κ3) is 2.47.